The van der Waals surface area contributed by atoms with Crippen LogP contribution in [-0.2, 0) is 6.54 Å². The Labute approximate surface area is 108 Å². The topological polar surface area (TPSA) is 73.8 Å². The summed E-state index contributed by atoms with van der Waals surface area (Å²) >= 11 is 1.74. The van der Waals surface area contributed by atoms with Crippen LogP contribution >= 0.6 is 11.8 Å². The number of thioether (sulfide) groups is 1. The molecule has 0 aliphatic rings. The van der Waals surface area contributed by atoms with E-state index in [9.17, 15) is 4.79 Å². The van der Waals surface area contributed by atoms with E-state index in [1.807, 2.05) is 6.92 Å². The lowest BCUT2D eigenvalue weighted by Crippen LogP contribution is -2.21. The third kappa shape index (κ3) is 2.98. The van der Waals surface area contributed by atoms with Gasteiger partial charge in [0.2, 0.25) is 5.89 Å². The highest BCUT2D eigenvalue weighted by Gasteiger charge is 2.14. The molecule has 0 aliphatic carbocycles. The van der Waals surface area contributed by atoms with Crippen LogP contribution in [-0.4, -0.2) is 25.7 Å². The standard InChI is InChI=1S/C11H14N4O2S/c1-3-18-8(2)11-13-9(17-14-11)7-15-10(16)5-4-6-12-15/h4-6,8H,3,7H2,1-2H3/t8-/m1/s1. The van der Waals surface area contributed by atoms with Gasteiger partial charge in [0.1, 0.15) is 6.54 Å². The summed E-state index contributed by atoms with van der Waals surface area (Å²) in [7, 11) is 0. The lowest BCUT2D eigenvalue weighted by Gasteiger charge is -2.02. The van der Waals surface area contributed by atoms with Gasteiger partial charge in [0, 0.05) is 12.3 Å². The summed E-state index contributed by atoms with van der Waals surface area (Å²) in [5.41, 5.74) is -0.187. The molecule has 18 heavy (non-hydrogen) atoms. The first-order valence-electron chi connectivity index (χ1n) is 5.67. The first-order valence-corrected chi connectivity index (χ1v) is 6.71. The van der Waals surface area contributed by atoms with Gasteiger partial charge in [-0.3, -0.25) is 4.79 Å². The third-order valence-electron chi connectivity index (χ3n) is 2.33. The molecule has 0 aromatic carbocycles. The van der Waals surface area contributed by atoms with Crippen LogP contribution in [0.2, 0.25) is 0 Å². The molecule has 1 atom stereocenters. The Bertz CT molecular complexity index is 566. The van der Waals surface area contributed by atoms with Gasteiger partial charge in [-0.15, -0.1) is 0 Å². The zero-order chi connectivity index (χ0) is 13.0. The second-order valence-electron chi connectivity index (χ2n) is 3.66. The van der Waals surface area contributed by atoms with Gasteiger partial charge in [-0.25, -0.2) is 4.68 Å². The Kier molecular flexibility index (Phi) is 4.14. The maximum Gasteiger partial charge on any atom is 0.267 e. The first-order chi connectivity index (χ1) is 8.70. The normalized spacial score (nSPS) is 12.6. The van der Waals surface area contributed by atoms with Crippen LogP contribution in [0, 0.1) is 0 Å². The SMILES string of the molecule is CCS[C@H](C)c1noc(Cn2ncccc2=O)n1. The second kappa shape index (κ2) is 5.81. The van der Waals surface area contributed by atoms with E-state index in [1.54, 1.807) is 24.0 Å². The minimum absolute atomic E-state index is 0.187. The average molecular weight is 266 g/mol. The summed E-state index contributed by atoms with van der Waals surface area (Å²) in [5, 5.41) is 8.03. The molecule has 2 rings (SSSR count). The van der Waals surface area contributed by atoms with E-state index in [-0.39, 0.29) is 17.4 Å². The fraction of sp³-hybridized carbons (Fsp3) is 0.455. The van der Waals surface area contributed by atoms with Gasteiger partial charge in [0.05, 0.1) is 5.25 Å². The Morgan fingerprint density at radius 1 is 1.56 bits per heavy atom. The van der Waals surface area contributed by atoms with Crippen molar-refractivity contribution in [2.24, 2.45) is 0 Å². The molecule has 0 amide bonds. The molecule has 2 aromatic heterocycles. The number of nitrogens with zero attached hydrogens (tertiary/aromatic N) is 4. The molecule has 0 aliphatic heterocycles. The molecule has 0 unspecified atom stereocenters. The van der Waals surface area contributed by atoms with Gasteiger partial charge >= 0.3 is 0 Å². The summed E-state index contributed by atoms with van der Waals surface area (Å²) < 4.78 is 6.40. The molecule has 0 saturated carbocycles. The van der Waals surface area contributed by atoms with Crippen LogP contribution in [0.5, 0.6) is 0 Å². The lowest BCUT2D eigenvalue weighted by molar-refractivity contribution is 0.358. The fourth-order valence-corrected chi connectivity index (χ4v) is 2.20. The molecule has 0 radical (unpaired) electrons. The van der Waals surface area contributed by atoms with Crippen molar-refractivity contribution in [2.45, 2.75) is 25.6 Å². The number of hydrogen-bond acceptors (Lipinski definition) is 6. The van der Waals surface area contributed by atoms with Crippen molar-refractivity contribution in [3.8, 4) is 0 Å². The number of hydrogen-bond donors (Lipinski definition) is 0. The quantitative estimate of drug-likeness (QED) is 0.816. The maximum absolute atomic E-state index is 11.5. The van der Waals surface area contributed by atoms with Gasteiger partial charge in [0.15, 0.2) is 5.82 Å². The van der Waals surface area contributed by atoms with Crippen molar-refractivity contribution in [1.29, 1.82) is 0 Å². The summed E-state index contributed by atoms with van der Waals surface area (Å²) in [5.74, 6) is 2.04. The molecular weight excluding hydrogens is 252 g/mol. The minimum atomic E-state index is -0.187. The van der Waals surface area contributed by atoms with E-state index in [4.69, 9.17) is 4.52 Å². The van der Waals surface area contributed by atoms with Crippen molar-refractivity contribution in [3.63, 3.8) is 0 Å². The fourth-order valence-electron chi connectivity index (χ4n) is 1.46. The molecule has 2 aromatic rings. The van der Waals surface area contributed by atoms with E-state index in [0.717, 1.165) is 5.75 Å². The Morgan fingerprint density at radius 3 is 3.11 bits per heavy atom. The van der Waals surface area contributed by atoms with Crippen molar-refractivity contribution in [3.05, 3.63) is 40.4 Å². The second-order valence-corrected chi connectivity index (χ2v) is 5.28. The smallest absolute Gasteiger partial charge is 0.267 e. The zero-order valence-electron chi connectivity index (χ0n) is 10.2. The highest BCUT2D eigenvalue weighted by Crippen LogP contribution is 2.25. The monoisotopic (exact) mass is 266 g/mol. The van der Waals surface area contributed by atoms with Crippen molar-refractivity contribution >= 4 is 11.8 Å². The number of aromatic nitrogens is 4. The summed E-state index contributed by atoms with van der Waals surface area (Å²) in [6.45, 7) is 4.31. The van der Waals surface area contributed by atoms with E-state index in [1.165, 1.54) is 10.7 Å². The van der Waals surface area contributed by atoms with Crippen LogP contribution in [0.15, 0.2) is 27.6 Å². The van der Waals surface area contributed by atoms with Gasteiger partial charge in [0.25, 0.3) is 5.56 Å². The predicted octanol–water partition coefficient (Wildman–Crippen LogP) is 1.49. The molecule has 6 nitrogen and oxygen atoms in total. The lowest BCUT2D eigenvalue weighted by atomic mass is 10.4. The Morgan fingerprint density at radius 2 is 2.39 bits per heavy atom. The Balaban J connectivity index is 2.12. The largest absolute Gasteiger partial charge is 0.337 e. The minimum Gasteiger partial charge on any atom is -0.337 e. The van der Waals surface area contributed by atoms with E-state index in [2.05, 4.69) is 22.2 Å². The van der Waals surface area contributed by atoms with Gasteiger partial charge in [-0.05, 0) is 18.7 Å². The van der Waals surface area contributed by atoms with E-state index < -0.39 is 0 Å². The molecule has 2 heterocycles. The van der Waals surface area contributed by atoms with Gasteiger partial charge in [-0.2, -0.15) is 21.8 Å². The average Bonchev–Trinajstić information content (AvgIpc) is 2.81. The van der Waals surface area contributed by atoms with Crippen molar-refractivity contribution < 1.29 is 4.52 Å². The molecule has 0 fully saturated rings. The maximum atomic E-state index is 11.5. The molecule has 96 valence electrons. The van der Waals surface area contributed by atoms with E-state index in [0.29, 0.717) is 11.7 Å². The molecule has 0 N–H and O–H groups in total. The van der Waals surface area contributed by atoms with Crippen LogP contribution in [0.4, 0.5) is 0 Å². The van der Waals surface area contributed by atoms with Gasteiger partial charge in [-0.1, -0.05) is 12.1 Å². The van der Waals surface area contributed by atoms with Gasteiger partial charge < -0.3 is 4.52 Å². The first kappa shape index (κ1) is 12.8. The Hall–Kier alpha value is -1.63. The zero-order valence-corrected chi connectivity index (χ0v) is 11.1. The van der Waals surface area contributed by atoms with E-state index >= 15 is 0 Å². The summed E-state index contributed by atoms with van der Waals surface area (Å²) in [6, 6.07) is 3.04. The van der Waals surface area contributed by atoms with Crippen molar-refractivity contribution in [2.75, 3.05) is 5.75 Å². The molecular formula is C11H14N4O2S. The van der Waals surface area contributed by atoms with Crippen LogP contribution in [0.25, 0.3) is 0 Å². The summed E-state index contributed by atoms with van der Waals surface area (Å²) in [6.07, 6.45) is 1.55. The highest BCUT2D eigenvalue weighted by atomic mass is 32.2. The molecule has 0 saturated heterocycles. The summed E-state index contributed by atoms with van der Waals surface area (Å²) in [4.78, 5) is 15.7. The molecule has 0 spiro atoms. The number of rotatable bonds is 5. The predicted molar refractivity (Wildman–Crippen MR) is 68.4 cm³/mol. The van der Waals surface area contributed by atoms with Crippen LogP contribution in [0.1, 0.15) is 30.8 Å². The highest BCUT2D eigenvalue weighted by molar-refractivity contribution is 7.99. The molecule has 7 heteroatoms. The third-order valence-corrected chi connectivity index (χ3v) is 3.38. The van der Waals surface area contributed by atoms with Crippen molar-refractivity contribution in [1.82, 2.24) is 19.9 Å². The molecule has 0 bridgehead atoms. The van der Waals surface area contributed by atoms with Crippen LogP contribution in [0.3, 0.4) is 0 Å². The van der Waals surface area contributed by atoms with Crippen LogP contribution < -0.4 is 5.56 Å².